The maximum atomic E-state index is 13.8. The first-order chi connectivity index (χ1) is 15.3. The highest BCUT2D eigenvalue weighted by molar-refractivity contribution is 5.99. The Morgan fingerprint density at radius 2 is 1.84 bits per heavy atom. The predicted octanol–water partition coefficient (Wildman–Crippen LogP) is 2.30. The van der Waals surface area contributed by atoms with Gasteiger partial charge in [-0.15, -0.1) is 0 Å². The van der Waals surface area contributed by atoms with Crippen molar-refractivity contribution in [3.05, 3.63) is 62.8 Å². The molecule has 1 aromatic heterocycles. The minimum Gasteiger partial charge on any atom is -0.503 e. The lowest BCUT2D eigenvalue weighted by atomic mass is 9.90. The van der Waals surface area contributed by atoms with Crippen molar-refractivity contribution in [2.45, 2.75) is 50.9 Å². The molecule has 2 amide bonds. The zero-order valence-corrected chi connectivity index (χ0v) is 16.9. The van der Waals surface area contributed by atoms with E-state index in [0.717, 1.165) is 37.8 Å². The highest BCUT2D eigenvalue weighted by Crippen LogP contribution is 2.42. The Bertz CT molecular complexity index is 1210. The Labute approximate surface area is 180 Å². The molecule has 1 saturated heterocycles. The van der Waals surface area contributed by atoms with Gasteiger partial charge in [0.15, 0.2) is 28.9 Å². The largest absolute Gasteiger partial charge is 0.503 e. The highest BCUT2D eigenvalue weighted by Gasteiger charge is 2.46. The fourth-order valence-corrected chi connectivity index (χ4v) is 5.31. The van der Waals surface area contributed by atoms with Crippen molar-refractivity contribution in [3.8, 4) is 5.75 Å². The second-order valence-electron chi connectivity index (χ2n) is 8.67. The summed E-state index contributed by atoms with van der Waals surface area (Å²) in [5.41, 5.74) is -1.88. The van der Waals surface area contributed by atoms with Crippen molar-refractivity contribution in [2.75, 3.05) is 0 Å². The molecule has 2 aliphatic heterocycles. The lowest BCUT2D eigenvalue weighted by Gasteiger charge is -2.44. The van der Waals surface area contributed by atoms with Crippen LogP contribution in [0.4, 0.5) is 13.2 Å². The van der Waals surface area contributed by atoms with Crippen LogP contribution in [-0.4, -0.2) is 38.5 Å². The number of hydrogen-bond donors (Lipinski definition) is 2. The van der Waals surface area contributed by atoms with E-state index in [9.17, 15) is 32.7 Å². The third-order valence-corrected chi connectivity index (χ3v) is 6.81. The number of benzene rings is 1. The Kier molecular flexibility index (Phi) is 4.75. The normalized spacial score (nSPS) is 23.7. The molecule has 3 aliphatic rings. The second-order valence-corrected chi connectivity index (χ2v) is 8.67. The SMILES string of the molecule is O=C(NCc1ccc(F)c(F)c1F)c1cn2c(c(O)c1=O)C(=O)N1[C@@H]3CC[C@@H](C3)C[C@H]1C2. The molecule has 3 heterocycles. The molecule has 3 atom stereocenters. The monoisotopic (exact) mass is 447 g/mol. The molecule has 0 unspecified atom stereocenters. The average molecular weight is 447 g/mol. The minimum atomic E-state index is -1.66. The summed E-state index contributed by atoms with van der Waals surface area (Å²) in [5, 5.41) is 12.8. The number of pyridine rings is 1. The summed E-state index contributed by atoms with van der Waals surface area (Å²) < 4.78 is 41.7. The Balaban J connectivity index is 1.43. The Hall–Kier alpha value is -3.30. The molecule has 7 nitrogen and oxygen atoms in total. The minimum absolute atomic E-state index is 0.0738. The summed E-state index contributed by atoms with van der Waals surface area (Å²) in [6.45, 7) is -0.150. The lowest BCUT2D eigenvalue weighted by Crippen LogP contribution is -2.55. The molecule has 2 fully saturated rings. The molecule has 10 heteroatoms. The van der Waals surface area contributed by atoms with Crippen molar-refractivity contribution >= 4 is 11.8 Å². The smallest absolute Gasteiger partial charge is 0.275 e. The molecule has 1 aromatic carbocycles. The van der Waals surface area contributed by atoms with Gasteiger partial charge in [0.25, 0.3) is 11.8 Å². The number of piperidine rings is 1. The Morgan fingerprint density at radius 3 is 2.62 bits per heavy atom. The molecule has 1 aliphatic carbocycles. The van der Waals surface area contributed by atoms with Crippen molar-refractivity contribution in [1.82, 2.24) is 14.8 Å². The molecule has 5 rings (SSSR count). The molecule has 0 spiro atoms. The zero-order valence-electron chi connectivity index (χ0n) is 16.9. The van der Waals surface area contributed by atoms with Crippen molar-refractivity contribution < 1.29 is 27.9 Å². The van der Waals surface area contributed by atoms with Crippen LogP contribution in [0.3, 0.4) is 0 Å². The first kappa shape index (κ1) is 20.6. The van der Waals surface area contributed by atoms with E-state index in [1.807, 2.05) is 0 Å². The van der Waals surface area contributed by atoms with Crippen LogP contribution in [-0.2, 0) is 13.1 Å². The first-order valence-corrected chi connectivity index (χ1v) is 10.5. The number of aromatic nitrogens is 1. The third-order valence-electron chi connectivity index (χ3n) is 6.81. The maximum absolute atomic E-state index is 13.8. The second kappa shape index (κ2) is 7.39. The molecule has 2 N–H and O–H groups in total. The summed E-state index contributed by atoms with van der Waals surface area (Å²) in [7, 11) is 0. The Morgan fingerprint density at radius 1 is 1.09 bits per heavy atom. The molecule has 168 valence electrons. The average Bonchev–Trinajstić information content (AvgIpc) is 3.14. The first-order valence-electron chi connectivity index (χ1n) is 10.5. The van der Waals surface area contributed by atoms with Gasteiger partial charge in [0.1, 0.15) is 5.56 Å². The van der Waals surface area contributed by atoms with Crippen LogP contribution in [0.1, 0.15) is 52.1 Å². The van der Waals surface area contributed by atoms with E-state index >= 15 is 0 Å². The fraction of sp³-hybridized carbons (Fsp3) is 0.409. The third kappa shape index (κ3) is 3.08. The molecule has 2 aromatic rings. The molecular weight excluding hydrogens is 427 g/mol. The summed E-state index contributed by atoms with van der Waals surface area (Å²) in [5.74, 6) is -6.07. The van der Waals surface area contributed by atoms with Crippen LogP contribution in [0.5, 0.6) is 5.75 Å². The van der Waals surface area contributed by atoms with E-state index in [2.05, 4.69) is 5.32 Å². The summed E-state index contributed by atoms with van der Waals surface area (Å²) >= 11 is 0. The van der Waals surface area contributed by atoms with Gasteiger partial charge in [-0.2, -0.15) is 0 Å². The van der Waals surface area contributed by atoms with Crippen LogP contribution < -0.4 is 10.7 Å². The van der Waals surface area contributed by atoms with Crippen LogP contribution in [0.2, 0.25) is 0 Å². The molecule has 32 heavy (non-hydrogen) atoms. The lowest BCUT2D eigenvalue weighted by molar-refractivity contribution is 0.0339. The quantitative estimate of drug-likeness (QED) is 0.707. The maximum Gasteiger partial charge on any atom is 0.275 e. The van der Waals surface area contributed by atoms with Gasteiger partial charge in [0, 0.05) is 30.9 Å². The summed E-state index contributed by atoms with van der Waals surface area (Å²) in [4.78, 5) is 40.1. The van der Waals surface area contributed by atoms with Crippen molar-refractivity contribution in [2.24, 2.45) is 5.92 Å². The zero-order chi connectivity index (χ0) is 22.7. The number of hydrogen-bond acceptors (Lipinski definition) is 4. The van der Waals surface area contributed by atoms with E-state index in [1.54, 1.807) is 4.90 Å². The van der Waals surface area contributed by atoms with Crippen molar-refractivity contribution in [1.29, 1.82) is 0 Å². The number of nitrogens with zero attached hydrogens (tertiary/aromatic N) is 2. The van der Waals surface area contributed by atoms with Gasteiger partial charge in [0.2, 0.25) is 5.43 Å². The predicted molar refractivity (Wildman–Crippen MR) is 106 cm³/mol. The van der Waals surface area contributed by atoms with E-state index < -0.39 is 52.6 Å². The number of halogens is 3. The molecule has 2 bridgehead atoms. The van der Waals surface area contributed by atoms with Crippen LogP contribution in [0.15, 0.2) is 23.1 Å². The summed E-state index contributed by atoms with van der Waals surface area (Å²) in [6.07, 6.45) is 4.91. The number of aromatic hydroxyl groups is 1. The van der Waals surface area contributed by atoms with Crippen LogP contribution in [0, 0.1) is 23.4 Å². The van der Waals surface area contributed by atoms with Crippen LogP contribution >= 0.6 is 0 Å². The number of rotatable bonds is 3. The topological polar surface area (TPSA) is 91.6 Å². The fourth-order valence-electron chi connectivity index (χ4n) is 5.31. The van der Waals surface area contributed by atoms with Crippen molar-refractivity contribution in [3.63, 3.8) is 0 Å². The number of carbonyl (C=O) groups excluding carboxylic acids is 2. The highest BCUT2D eigenvalue weighted by atomic mass is 19.2. The van der Waals surface area contributed by atoms with Gasteiger partial charge in [-0.1, -0.05) is 6.07 Å². The van der Waals surface area contributed by atoms with Gasteiger partial charge in [-0.25, -0.2) is 13.2 Å². The molecule has 0 radical (unpaired) electrons. The van der Waals surface area contributed by atoms with E-state index in [-0.39, 0.29) is 23.3 Å². The van der Waals surface area contributed by atoms with Gasteiger partial charge in [-0.05, 0) is 37.7 Å². The number of nitrogens with one attached hydrogen (secondary N) is 1. The van der Waals surface area contributed by atoms with Gasteiger partial charge < -0.3 is 19.9 Å². The van der Waals surface area contributed by atoms with Crippen LogP contribution in [0.25, 0.3) is 0 Å². The van der Waals surface area contributed by atoms with E-state index in [0.29, 0.717) is 12.5 Å². The summed E-state index contributed by atoms with van der Waals surface area (Å²) in [6, 6.07) is 1.74. The molecular formula is C22H20F3N3O4. The number of carbonyl (C=O) groups is 2. The van der Waals surface area contributed by atoms with Gasteiger partial charge >= 0.3 is 0 Å². The number of fused-ring (bicyclic) bond motifs is 5. The standard InChI is InChI=1S/C22H20F3N3O4/c23-15-4-2-11(16(24)17(15)25)7-26-21(31)14-9-27-8-13-6-10-1-3-12(5-10)28(13)22(32)18(27)20(30)19(14)29/h2,4,9-10,12-13,30H,1,3,5-8H2,(H,26,31)/t10-,12+,13-/m0/s1. The van der Waals surface area contributed by atoms with E-state index in [4.69, 9.17) is 0 Å². The molecule has 1 saturated carbocycles. The van der Waals surface area contributed by atoms with Gasteiger partial charge in [0.05, 0.1) is 6.04 Å². The number of amides is 2. The van der Waals surface area contributed by atoms with E-state index in [1.165, 1.54) is 10.8 Å². The van der Waals surface area contributed by atoms with Gasteiger partial charge in [-0.3, -0.25) is 14.4 Å².